The van der Waals surface area contributed by atoms with Crippen molar-refractivity contribution >= 4 is 5.97 Å². The van der Waals surface area contributed by atoms with E-state index in [0.29, 0.717) is 13.0 Å². The number of epoxide rings is 1. The summed E-state index contributed by atoms with van der Waals surface area (Å²) >= 11 is 0. The molecule has 1 heterocycles. The molecule has 0 aromatic heterocycles. The van der Waals surface area contributed by atoms with Crippen molar-refractivity contribution in [3.05, 3.63) is 0 Å². The molecule has 0 radical (unpaired) electrons. The molecule has 1 aliphatic heterocycles. The summed E-state index contributed by atoms with van der Waals surface area (Å²) in [6.45, 7) is 12.5. The molecule has 2 fully saturated rings. The smallest absolute Gasteiger partial charge is 0.309 e. The van der Waals surface area contributed by atoms with Gasteiger partial charge in [-0.15, -0.1) is 0 Å². The molecular formula is C17H30O4. The van der Waals surface area contributed by atoms with Crippen molar-refractivity contribution in [2.75, 3.05) is 6.61 Å². The average Bonchev–Trinajstić information content (AvgIpc) is 2.82. The third-order valence-corrected chi connectivity index (χ3v) is 5.02. The Hall–Kier alpha value is -0.610. The van der Waals surface area contributed by atoms with Crippen LogP contribution >= 0.6 is 0 Å². The quantitative estimate of drug-likeness (QED) is 0.640. The van der Waals surface area contributed by atoms with Gasteiger partial charge >= 0.3 is 5.97 Å². The summed E-state index contributed by atoms with van der Waals surface area (Å²) in [7, 11) is 0. The number of hydrogen-bond donors (Lipinski definition) is 1. The predicted octanol–water partition coefficient (Wildman–Crippen LogP) is 2.78. The number of aliphatic hydroxyl groups excluding tert-OH is 1. The summed E-state index contributed by atoms with van der Waals surface area (Å²) in [6, 6.07) is 0. The van der Waals surface area contributed by atoms with Crippen molar-refractivity contribution in [3.8, 4) is 0 Å². The summed E-state index contributed by atoms with van der Waals surface area (Å²) in [6.07, 6.45) is 1.26. The van der Waals surface area contributed by atoms with Crippen LogP contribution in [0.5, 0.6) is 0 Å². The van der Waals surface area contributed by atoms with Crippen LogP contribution in [0, 0.1) is 23.2 Å². The van der Waals surface area contributed by atoms with Crippen molar-refractivity contribution < 1.29 is 19.4 Å². The van der Waals surface area contributed by atoms with E-state index in [4.69, 9.17) is 9.47 Å². The predicted molar refractivity (Wildman–Crippen MR) is 80.8 cm³/mol. The highest BCUT2D eigenvalue weighted by Gasteiger charge is 2.59. The number of aliphatic hydroxyl groups is 1. The SMILES string of the molecule is CCOC(=O)C1CC(C(O)C(C)(C)C)CC1C1OC1(C)C. The van der Waals surface area contributed by atoms with Crippen LogP contribution in [0.25, 0.3) is 0 Å². The first-order valence-electron chi connectivity index (χ1n) is 8.10. The molecule has 1 saturated carbocycles. The fourth-order valence-electron chi connectivity index (χ4n) is 3.83. The fourth-order valence-corrected chi connectivity index (χ4v) is 3.83. The Bertz CT molecular complexity index is 396. The molecule has 0 bridgehead atoms. The van der Waals surface area contributed by atoms with E-state index < -0.39 is 6.10 Å². The Labute approximate surface area is 128 Å². The number of carbonyl (C=O) groups is 1. The van der Waals surface area contributed by atoms with Gasteiger partial charge in [0, 0.05) is 5.92 Å². The number of rotatable bonds is 4. The second-order valence-electron chi connectivity index (χ2n) is 8.21. The van der Waals surface area contributed by atoms with Crippen LogP contribution in [0.4, 0.5) is 0 Å². The maximum atomic E-state index is 12.3. The van der Waals surface area contributed by atoms with Gasteiger partial charge in [0.2, 0.25) is 0 Å². The maximum Gasteiger partial charge on any atom is 0.309 e. The van der Waals surface area contributed by atoms with E-state index in [1.54, 1.807) is 0 Å². The average molecular weight is 298 g/mol. The van der Waals surface area contributed by atoms with Gasteiger partial charge in [-0.2, -0.15) is 0 Å². The minimum atomic E-state index is -0.402. The Kier molecular flexibility index (Phi) is 4.42. The van der Waals surface area contributed by atoms with Crippen molar-refractivity contribution in [2.45, 2.75) is 72.2 Å². The van der Waals surface area contributed by atoms with Gasteiger partial charge in [0.15, 0.2) is 0 Å². The molecule has 0 spiro atoms. The summed E-state index contributed by atoms with van der Waals surface area (Å²) in [5.41, 5.74) is -0.310. The Morgan fingerprint density at radius 3 is 2.38 bits per heavy atom. The molecule has 4 nitrogen and oxygen atoms in total. The lowest BCUT2D eigenvalue weighted by molar-refractivity contribution is -0.149. The number of hydrogen-bond acceptors (Lipinski definition) is 4. The van der Waals surface area contributed by atoms with Crippen molar-refractivity contribution in [1.82, 2.24) is 0 Å². The molecule has 2 rings (SSSR count). The topological polar surface area (TPSA) is 59.1 Å². The molecule has 0 aromatic rings. The summed E-state index contributed by atoms with van der Waals surface area (Å²) < 4.78 is 11.0. The second-order valence-corrected chi connectivity index (χ2v) is 8.21. The number of ether oxygens (including phenoxy) is 2. The Balaban J connectivity index is 2.12. The number of esters is 1. The Morgan fingerprint density at radius 1 is 1.38 bits per heavy atom. The van der Waals surface area contributed by atoms with Gasteiger partial charge in [0.1, 0.15) is 0 Å². The molecule has 0 amide bonds. The summed E-state index contributed by atoms with van der Waals surface area (Å²) in [5.74, 6) is 0.0431. The van der Waals surface area contributed by atoms with Gasteiger partial charge in [0.25, 0.3) is 0 Å². The first kappa shape index (κ1) is 16.8. The third kappa shape index (κ3) is 3.42. The summed E-state index contributed by atoms with van der Waals surface area (Å²) in [5, 5.41) is 10.6. The van der Waals surface area contributed by atoms with Gasteiger partial charge in [-0.25, -0.2) is 0 Å². The van der Waals surface area contributed by atoms with E-state index >= 15 is 0 Å². The van der Waals surface area contributed by atoms with Crippen molar-refractivity contribution in [3.63, 3.8) is 0 Å². The van der Waals surface area contributed by atoms with Gasteiger partial charge in [-0.3, -0.25) is 4.79 Å². The van der Waals surface area contributed by atoms with E-state index in [1.165, 1.54) is 0 Å². The zero-order valence-corrected chi connectivity index (χ0v) is 14.2. The first-order valence-corrected chi connectivity index (χ1v) is 8.10. The van der Waals surface area contributed by atoms with Crippen LogP contribution in [-0.2, 0) is 14.3 Å². The lowest BCUT2D eigenvalue weighted by Gasteiger charge is -2.31. The molecule has 21 heavy (non-hydrogen) atoms. The molecule has 1 N–H and O–H groups in total. The van der Waals surface area contributed by atoms with E-state index in [1.807, 2.05) is 27.7 Å². The molecule has 122 valence electrons. The molecule has 4 heteroatoms. The number of carbonyl (C=O) groups excluding carboxylic acids is 1. The van der Waals surface area contributed by atoms with Crippen molar-refractivity contribution in [2.24, 2.45) is 23.2 Å². The van der Waals surface area contributed by atoms with E-state index in [0.717, 1.165) is 6.42 Å². The summed E-state index contributed by atoms with van der Waals surface area (Å²) in [4.78, 5) is 12.3. The highest BCUT2D eigenvalue weighted by molar-refractivity contribution is 5.73. The normalized spacial score (nSPS) is 36.3. The van der Waals surface area contributed by atoms with Crippen LogP contribution in [0.1, 0.15) is 54.4 Å². The standard InChI is InChI=1S/C17H30O4/c1-7-20-15(19)12-9-10(13(18)16(2,3)4)8-11(12)14-17(5,6)21-14/h10-14,18H,7-9H2,1-6H3. The third-order valence-electron chi connectivity index (χ3n) is 5.02. The zero-order valence-electron chi connectivity index (χ0n) is 14.2. The molecule has 1 aliphatic carbocycles. The zero-order chi connectivity index (χ0) is 16.0. The van der Waals surface area contributed by atoms with Crippen molar-refractivity contribution in [1.29, 1.82) is 0 Å². The molecule has 5 atom stereocenters. The molecule has 2 aliphatic rings. The van der Waals surface area contributed by atoms with Gasteiger partial charge in [-0.05, 0) is 44.9 Å². The lowest BCUT2D eigenvalue weighted by Crippen LogP contribution is -2.33. The van der Waals surface area contributed by atoms with Gasteiger partial charge < -0.3 is 14.6 Å². The van der Waals surface area contributed by atoms with E-state index in [9.17, 15) is 9.90 Å². The molecular weight excluding hydrogens is 268 g/mol. The van der Waals surface area contributed by atoms with Gasteiger partial charge in [0.05, 0.1) is 30.3 Å². The minimum Gasteiger partial charge on any atom is -0.466 e. The second kappa shape index (κ2) is 5.54. The molecule has 5 unspecified atom stereocenters. The monoisotopic (exact) mass is 298 g/mol. The van der Waals surface area contributed by atoms with Crippen LogP contribution < -0.4 is 0 Å². The Morgan fingerprint density at radius 2 is 1.95 bits per heavy atom. The van der Waals surface area contributed by atoms with Crippen LogP contribution in [0.15, 0.2) is 0 Å². The first-order chi connectivity index (χ1) is 9.58. The highest BCUT2D eigenvalue weighted by atomic mass is 16.6. The van der Waals surface area contributed by atoms with Crippen LogP contribution in [0.2, 0.25) is 0 Å². The maximum absolute atomic E-state index is 12.3. The molecule has 1 saturated heterocycles. The van der Waals surface area contributed by atoms with E-state index in [-0.39, 0.29) is 40.8 Å². The van der Waals surface area contributed by atoms with Crippen LogP contribution in [0.3, 0.4) is 0 Å². The fraction of sp³-hybridized carbons (Fsp3) is 0.941. The molecule has 0 aromatic carbocycles. The van der Waals surface area contributed by atoms with Crippen LogP contribution in [-0.4, -0.2) is 35.5 Å². The van der Waals surface area contributed by atoms with E-state index in [2.05, 4.69) is 13.8 Å². The van der Waals surface area contributed by atoms with Gasteiger partial charge in [-0.1, -0.05) is 20.8 Å². The minimum absolute atomic E-state index is 0.115. The lowest BCUT2D eigenvalue weighted by atomic mass is 9.80. The highest BCUT2D eigenvalue weighted by Crippen LogP contribution is 2.52. The largest absolute Gasteiger partial charge is 0.466 e.